The Kier molecular flexibility index (Phi) is 5.77. The molecule has 1 aliphatic carbocycles. The zero-order valence-electron chi connectivity index (χ0n) is 16.0. The molecule has 1 atom stereocenters. The third-order valence-electron chi connectivity index (χ3n) is 5.89. The topological polar surface area (TPSA) is 65.1 Å². The number of piperazine rings is 1. The Hall–Kier alpha value is -2.19. The summed E-state index contributed by atoms with van der Waals surface area (Å²) in [5, 5.41) is 3.04. The van der Waals surface area contributed by atoms with Crippen molar-refractivity contribution in [1.82, 2.24) is 20.0 Å². The molecule has 0 bridgehead atoms. The SMILES string of the molecule is O=C(CN1CCOCC1)N1CCN(C(=O)NC2CCc3c(F)cccc32)CC1. The smallest absolute Gasteiger partial charge is 0.318 e. The van der Waals surface area contributed by atoms with Crippen LogP contribution in [0.5, 0.6) is 0 Å². The molecule has 2 aliphatic heterocycles. The van der Waals surface area contributed by atoms with Crippen molar-refractivity contribution in [2.24, 2.45) is 0 Å². The second kappa shape index (κ2) is 8.45. The molecule has 0 saturated carbocycles. The highest BCUT2D eigenvalue weighted by molar-refractivity contribution is 5.79. The summed E-state index contributed by atoms with van der Waals surface area (Å²) in [4.78, 5) is 30.8. The number of hydrogen-bond donors (Lipinski definition) is 1. The van der Waals surface area contributed by atoms with E-state index in [0.717, 1.165) is 25.1 Å². The van der Waals surface area contributed by atoms with Gasteiger partial charge in [0.2, 0.25) is 5.91 Å². The van der Waals surface area contributed by atoms with Crippen LogP contribution in [0.2, 0.25) is 0 Å². The minimum Gasteiger partial charge on any atom is -0.379 e. The van der Waals surface area contributed by atoms with Crippen molar-refractivity contribution in [1.29, 1.82) is 0 Å². The van der Waals surface area contributed by atoms with Gasteiger partial charge in [-0.2, -0.15) is 0 Å². The van der Waals surface area contributed by atoms with Gasteiger partial charge in [0.25, 0.3) is 0 Å². The van der Waals surface area contributed by atoms with E-state index in [4.69, 9.17) is 4.74 Å². The van der Waals surface area contributed by atoms with Gasteiger partial charge in [-0.25, -0.2) is 9.18 Å². The molecule has 2 fully saturated rings. The number of carbonyl (C=O) groups excluding carboxylic acids is 2. The lowest BCUT2D eigenvalue weighted by atomic mass is 10.1. The van der Waals surface area contributed by atoms with E-state index in [-0.39, 0.29) is 23.8 Å². The molecule has 1 N–H and O–H groups in total. The molecule has 8 heteroatoms. The predicted molar refractivity (Wildman–Crippen MR) is 101 cm³/mol. The molecule has 28 heavy (non-hydrogen) atoms. The normalized spacial score (nSPS) is 22.8. The van der Waals surface area contributed by atoms with Crippen LogP contribution in [-0.2, 0) is 16.0 Å². The molecule has 0 spiro atoms. The zero-order valence-corrected chi connectivity index (χ0v) is 16.0. The second-order valence-electron chi connectivity index (χ2n) is 7.60. The fourth-order valence-corrected chi connectivity index (χ4v) is 4.21. The van der Waals surface area contributed by atoms with Gasteiger partial charge in [0.05, 0.1) is 25.8 Å². The summed E-state index contributed by atoms with van der Waals surface area (Å²) in [6.45, 7) is 5.48. The van der Waals surface area contributed by atoms with Gasteiger partial charge in [-0.1, -0.05) is 12.1 Å². The number of nitrogens with zero attached hydrogens (tertiary/aromatic N) is 3. The molecule has 7 nitrogen and oxygen atoms in total. The van der Waals surface area contributed by atoms with Crippen LogP contribution >= 0.6 is 0 Å². The summed E-state index contributed by atoms with van der Waals surface area (Å²) in [6.07, 6.45) is 1.37. The van der Waals surface area contributed by atoms with E-state index in [2.05, 4.69) is 10.2 Å². The number of rotatable bonds is 3. The number of nitrogens with one attached hydrogen (secondary N) is 1. The van der Waals surface area contributed by atoms with E-state index in [0.29, 0.717) is 57.9 Å². The zero-order chi connectivity index (χ0) is 19.5. The Morgan fingerprint density at radius 1 is 1.07 bits per heavy atom. The summed E-state index contributed by atoms with van der Waals surface area (Å²) < 4.78 is 19.2. The number of hydrogen-bond acceptors (Lipinski definition) is 4. The van der Waals surface area contributed by atoms with Gasteiger partial charge in [-0.15, -0.1) is 0 Å². The van der Waals surface area contributed by atoms with Crippen LogP contribution in [0.15, 0.2) is 18.2 Å². The Balaban J connectivity index is 1.26. The molecule has 3 aliphatic rings. The molecule has 4 rings (SSSR count). The lowest BCUT2D eigenvalue weighted by molar-refractivity contribution is -0.134. The number of morpholine rings is 1. The molecule has 2 heterocycles. The fraction of sp³-hybridized carbons (Fsp3) is 0.600. The summed E-state index contributed by atoms with van der Waals surface area (Å²) >= 11 is 0. The van der Waals surface area contributed by atoms with E-state index in [1.165, 1.54) is 6.07 Å². The molecule has 2 saturated heterocycles. The number of benzene rings is 1. The van der Waals surface area contributed by atoms with Gasteiger partial charge in [-0.3, -0.25) is 9.69 Å². The highest BCUT2D eigenvalue weighted by atomic mass is 19.1. The van der Waals surface area contributed by atoms with Crippen molar-refractivity contribution in [2.45, 2.75) is 18.9 Å². The number of urea groups is 1. The van der Waals surface area contributed by atoms with Gasteiger partial charge in [0.1, 0.15) is 5.82 Å². The first-order chi connectivity index (χ1) is 13.6. The van der Waals surface area contributed by atoms with Crippen LogP contribution in [0.1, 0.15) is 23.6 Å². The average molecular weight is 390 g/mol. The van der Waals surface area contributed by atoms with E-state index in [1.807, 2.05) is 11.0 Å². The van der Waals surface area contributed by atoms with Gasteiger partial charge in [0.15, 0.2) is 0 Å². The van der Waals surface area contributed by atoms with Crippen molar-refractivity contribution in [2.75, 3.05) is 59.0 Å². The number of fused-ring (bicyclic) bond motifs is 1. The summed E-state index contributed by atoms with van der Waals surface area (Å²) in [5.41, 5.74) is 1.60. The Labute approximate surface area is 164 Å². The maximum Gasteiger partial charge on any atom is 0.318 e. The van der Waals surface area contributed by atoms with Crippen LogP contribution in [0.3, 0.4) is 0 Å². The highest BCUT2D eigenvalue weighted by Gasteiger charge is 2.30. The lowest BCUT2D eigenvalue weighted by Crippen LogP contribution is -2.55. The number of carbonyl (C=O) groups is 2. The highest BCUT2D eigenvalue weighted by Crippen LogP contribution is 2.32. The Morgan fingerprint density at radius 3 is 2.54 bits per heavy atom. The molecular formula is C20H27FN4O3. The minimum atomic E-state index is -0.193. The minimum absolute atomic E-state index is 0.113. The molecule has 1 aromatic rings. The van der Waals surface area contributed by atoms with Crippen LogP contribution in [0.25, 0.3) is 0 Å². The van der Waals surface area contributed by atoms with Crippen LogP contribution < -0.4 is 5.32 Å². The largest absolute Gasteiger partial charge is 0.379 e. The van der Waals surface area contributed by atoms with E-state index < -0.39 is 0 Å². The van der Waals surface area contributed by atoms with E-state index in [9.17, 15) is 14.0 Å². The maximum atomic E-state index is 13.9. The van der Waals surface area contributed by atoms with Crippen molar-refractivity contribution in [3.8, 4) is 0 Å². The third kappa shape index (κ3) is 4.12. The molecular weight excluding hydrogens is 363 g/mol. The first-order valence-electron chi connectivity index (χ1n) is 10.0. The average Bonchev–Trinajstić information content (AvgIpc) is 3.13. The molecule has 1 unspecified atom stereocenters. The van der Waals surface area contributed by atoms with Gasteiger partial charge in [0, 0.05) is 39.3 Å². The molecule has 3 amide bonds. The van der Waals surface area contributed by atoms with Gasteiger partial charge < -0.3 is 19.9 Å². The predicted octanol–water partition coefficient (Wildman–Crippen LogP) is 0.999. The van der Waals surface area contributed by atoms with Crippen molar-refractivity contribution in [3.63, 3.8) is 0 Å². The maximum absolute atomic E-state index is 13.9. The Bertz CT molecular complexity index is 730. The summed E-state index contributed by atoms with van der Waals surface area (Å²) in [5.74, 6) is -0.0798. The van der Waals surface area contributed by atoms with E-state index >= 15 is 0 Å². The molecule has 1 aromatic carbocycles. The number of halogens is 1. The third-order valence-corrected chi connectivity index (χ3v) is 5.89. The number of amides is 3. The molecule has 152 valence electrons. The summed E-state index contributed by atoms with van der Waals surface area (Å²) in [6, 6.07) is 4.77. The first kappa shape index (κ1) is 19.1. The van der Waals surface area contributed by atoms with Crippen LogP contribution in [0.4, 0.5) is 9.18 Å². The van der Waals surface area contributed by atoms with Crippen LogP contribution in [0, 0.1) is 5.82 Å². The standard InChI is InChI=1S/C20H27FN4O3/c21-17-3-1-2-16-15(17)4-5-18(16)22-20(27)25-8-6-24(7-9-25)19(26)14-23-10-12-28-13-11-23/h1-3,18H,4-14H2,(H,22,27). The monoisotopic (exact) mass is 390 g/mol. The first-order valence-corrected chi connectivity index (χ1v) is 10.0. The fourth-order valence-electron chi connectivity index (χ4n) is 4.21. The van der Waals surface area contributed by atoms with Gasteiger partial charge in [-0.05, 0) is 30.0 Å². The van der Waals surface area contributed by atoms with Crippen LogP contribution in [-0.4, -0.2) is 85.7 Å². The summed E-state index contributed by atoms with van der Waals surface area (Å²) in [7, 11) is 0. The van der Waals surface area contributed by atoms with E-state index in [1.54, 1.807) is 11.0 Å². The van der Waals surface area contributed by atoms with Crippen molar-refractivity contribution < 1.29 is 18.7 Å². The molecule has 0 aromatic heterocycles. The Morgan fingerprint density at radius 2 is 1.79 bits per heavy atom. The quantitative estimate of drug-likeness (QED) is 0.836. The van der Waals surface area contributed by atoms with Crippen molar-refractivity contribution >= 4 is 11.9 Å². The molecule has 0 radical (unpaired) electrons. The van der Waals surface area contributed by atoms with Gasteiger partial charge >= 0.3 is 6.03 Å². The van der Waals surface area contributed by atoms with Crippen molar-refractivity contribution in [3.05, 3.63) is 35.1 Å². The second-order valence-corrected chi connectivity index (χ2v) is 7.60. The number of ether oxygens (including phenoxy) is 1. The lowest BCUT2D eigenvalue weighted by Gasteiger charge is -2.36.